The first-order chi connectivity index (χ1) is 9.51. The Morgan fingerprint density at radius 3 is 2.55 bits per heavy atom. The van der Waals surface area contributed by atoms with Gasteiger partial charge >= 0.3 is 0 Å². The summed E-state index contributed by atoms with van der Waals surface area (Å²) < 4.78 is 0. The van der Waals surface area contributed by atoms with Crippen LogP contribution in [-0.4, -0.2) is 50.6 Å². The van der Waals surface area contributed by atoms with Gasteiger partial charge in [0.05, 0.1) is 0 Å². The summed E-state index contributed by atoms with van der Waals surface area (Å²) in [6.45, 7) is 14.8. The predicted octanol–water partition coefficient (Wildman–Crippen LogP) is 2.18. The Kier molecular flexibility index (Phi) is 7.97. The van der Waals surface area contributed by atoms with Crippen molar-refractivity contribution in [3.8, 4) is 0 Å². The van der Waals surface area contributed by atoms with Gasteiger partial charge in [-0.3, -0.25) is 4.99 Å². The van der Waals surface area contributed by atoms with Gasteiger partial charge in [-0.2, -0.15) is 0 Å². The molecule has 0 aliphatic carbocycles. The number of hydrogen-bond donors (Lipinski definition) is 2. The third-order valence-electron chi connectivity index (χ3n) is 3.69. The molecule has 1 rings (SSSR count). The quantitative estimate of drug-likeness (QED) is 0.579. The minimum atomic E-state index is 0.643. The molecule has 1 heterocycles. The monoisotopic (exact) mass is 282 g/mol. The Morgan fingerprint density at radius 2 is 1.95 bits per heavy atom. The number of guanidine groups is 1. The number of nitrogens with zero attached hydrogens (tertiary/aromatic N) is 2. The second-order valence-electron chi connectivity index (χ2n) is 6.89. The molecule has 4 nitrogen and oxygen atoms in total. The largest absolute Gasteiger partial charge is 0.356 e. The van der Waals surface area contributed by atoms with Gasteiger partial charge in [-0.25, -0.2) is 0 Å². The van der Waals surface area contributed by atoms with Crippen molar-refractivity contribution in [1.82, 2.24) is 15.5 Å². The van der Waals surface area contributed by atoms with Crippen LogP contribution in [0.1, 0.15) is 40.5 Å². The molecular weight excluding hydrogens is 248 g/mol. The summed E-state index contributed by atoms with van der Waals surface area (Å²) in [5.41, 5.74) is 0. The zero-order chi connectivity index (χ0) is 15.0. The Bertz CT molecular complexity index is 286. The Hall–Kier alpha value is -0.770. The lowest BCUT2D eigenvalue weighted by Crippen LogP contribution is -2.45. The molecule has 0 amide bonds. The molecule has 0 bridgehead atoms. The molecule has 1 saturated heterocycles. The van der Waals surface area contributed by atoms with Crippen LogP contribution in [-0.2, 0) is 0 Å². The van der Waals surface area contributed by atoms with Gasteiger partial charge < -0.3 is 15.5 Å². The molecule has 0 aromatic rings. The predicted molar refractivity (Wildman–Crippen MR) is 88.2 cm³/mol. The SMILES string of the molecule is CN=C(NCC(C)C)NCC1CCCN(CC(C)C)C1. The van der Waals surface area contributed by atoms with Gasteiger partial charge in [0.15, 0.2) is 5.96 Å². The number of rotatable bonds is 6. The van der Waals surface area contributed by atoms with Crippen LogP contribution in [0.2, 0.25) is 0 Å². The summed E-state index contributed by atoms with van der Waals surface area (Å²) in [5.74, 6) is 3.10. The van der Waals surface area contributed by atoms with Crippen LogP contribution in [0.25, 0.3) is 0 Å². The zero-order valence-electron chi connectivity index (χ0n) is 14.1. The fourth-order valence-electron chi connectivity index (χ4n) is 2.76. The molecule has 1 atom stereocenters. The molecule has 1 aliphatic rings. The minimum absolute atomic E-state index is 0.643. The summed E-state index contributed by atoms with van der Waals surface area (Å²) in [5, 5.41) is 6.86. The van der Waals surface area contributed by atoms with E-state index in [1.54, 1.807) is 0 Å². The van der Waals surface area contributed by atoms with E-state index in [0.717, 1.165) is 30.9 Å². The number of nitrogens with one attached hydrogen (secondary N) is 2. The molecule has 1 unspecified atom stereocenters. The van der Waals surface area contributed by atoms with Crippen LogP contribution >= 0.6 is 0 Å². The second-order valence-corrected chi connectivity index (χ2v) is 6.89. The standard InChI is InChI=1S/C16H34N4/c1-13(2)9-18-16(17-5)19-10-15-7-6-8-20(12-15)11-14(3)4/h13-15H,6-12H2,1-5H3,(H2,17,18,19). The van der Waals surface area contributed by atoms with Gasteiger partial charge in [0.2, 0.25) is 0 Å². The Labute approximate surface area is 125 Å². The van der Waals surface area contributed by atoms with Crippen molar-refractivity contribution >= 4 is 5.96 Å². The highest BCUT2D eigenvalue weighted by Crippen LogP contribution is 2.16. The molecule has 0 spiro atoms. The maximum atomic E-state index is 4.29. The normalized spacial score (nSPS) is 21.6. The van der Waals surface area contributed by atoms with Crippen LogP contribution in [0.5, 0.6) is 0 Å². The molecule has 20 heavy (non-hydrogen) atoms. The zero-order valence-corrected chi connectivity index (χ0v) is 14.1. The highest BCUT2D eigenvalue weighted by Gasteiger charge is 2.20. The van der Waals surface area contributed by atoms with Crippen LogP contribution in [0.4, 0.5) is 0 Å². The van der Waals surface area contributed by atoms with E-state index in [-0.39, 0.29) is 0 Å². The number of likely N-dealkylation sites (tertiary alicyclic amines) is 1. The van der Waals surface area contributed by atoms with Gasteiger partial charge in [-0.15, -0.1) is 0 Å². The van der Waals surface area contributed by atoms with Crippen molar-refractivity contribution in [3.63, 3.8) is 0 Å². The van der Waals surface area contributed by atoms with E-state index in [1.807, 2.05) is 7.05 Å². The molecular formula is C16H34N4. The average Bonchev–Trinajstić information content (AvgIpc) is 2.38. The number of hydrogen-bond acceptors (Lipinski definition) is 2. The van der Waals surface area contributed by atoms with E-state index in [2.05, 4.69) is 48.2 Å². The maximum Gasteiger partial charge on any atom is 0.190 e. The van der Waals surface area contributed by atoms with Crippen molar-refractivity contribution in [2.75, 3.05) is 39.8 Å². The number of piperidine rings is 1. The van der Waals surface area contributed by atoms with Gasteiger partial charge in [-0.1, -0.05) is 27.7 Å². The first-order valence-electron chi connectivity index (χ1n) is 8.18. The minimum Gasteiger partial charge on any atom is -0.356 e. The maximum absolute atomic E-state index is 4.29. The second kappa shape index (κ2) is 9.22. The molecule has 1 fully saturated rings. The topological polar surface area (TPSA) is 39.7 Å². The fourth-order valence-corrected chi connectivity index (χ4v) is 2.76. The molecule has 4 heteroatoms. The Balaban J connectivity index is 2.29. The summed E-state index contributed by atoms with van der Waals surface area (Å²) in [7, 11) is 1.85. The van der Waals surface area contributed by atoms with E-state index in [4.69, 9.17) is 0 Å². The Morgan fingerprint density at radius 1 is 1.20 bits per heavy atom. The van der Waals surface area contributed by atoms with Crippen molar-refractivity contribution in [1.29, 1.82) is 0 Å². The molecule has 0 radical (unpaired) electrons. The lowest BCUT2D eigenvalue weighted by atomic mass is 9.97. The van der Waals surface area contributed by atoms with Crippen LogP contribution in [0.15, 0.2) is 4.99 Å². The van der Waals surface area contributed by atoms with Gasteiger partial charge in [0, 0.05) is 33.2 Å². The van der Waals surface area contributed by atoms with E-state index < -0.39 is 0 Å². The fraction of sp³-hybridized carbons (Fsp3) is 0.938. The third kappa shape index (κ3) is 7.13. The van der Waals surface area contributed by atoms with E-state index in [0.29, 0.717) is 5.92 Å². The van der Waals surface area contributed by atoms with Gasteiger partial charge in [-0.05, 0) is 37.1 Å². The molecule has 1 aliphatic heterocycles. The molecule has 2 N–H and O–H groups in total. The summed E-state index contributed by atoms with van der Waals surface area (Å²) in [4.78, 5) is 6.91. The average molecular weight is 282 g/mol. The molecule has 118 valence electrons. The first-order valence-corrected chi connectivity index (χ1v) is 8.18. The third-order valence-corrected chi connectivity index (χ3v) is 3.69. The smallest absolute Gasteiger partial charge is 0.190 e. The van der Waals surface area contributed by atoms with Gasteiger partial charge in [0.25, 0.3) is 0 Å². The van der Waals surface area contributed by atoms with Crippen LogP contribution in [0.3, 0.4) is 0 Å². The van der Waals surface area contributed by atoms with Crippen LogP contribution in [0, 0.1) is 17.8 Å². The highest BCUT2D eigenvalue weighted by molar-refractivity contribution is 5.79. The van der Waals surface area contributed by atoms with Crippen molar-refractivity contribution in [2.24, 2.45) is 22.7 Å². The summed E-state index contributed by atoms with van der Waals surface area (Å²) >= 11 is 0. The molecule has 0 aromatic heterocycles. The van der Waals surface area contributed by atoms with E-state index in [1.165, 1.54) is 32.5 Å². The lowest BCUT2D eigenvalue weighted by Gasteiger charge is -2.34. The van der Waals surface area contributed by atoms with Crippen LogP contribution < -0.4 is 10.6 Å². The van der Waals surface area contributed by atoms with Crippen molar-refractivity contribution < 1.29 is 0 Å². The lowest BCUT2D eigenvalue weighted by molar-refractivity contribution is 0.159. The summed E-state index contributed by atoms with van der Waals surface area (Å²) in [6.07, 6.45) is 2.67. The summed E-state index contributed by atoms with van der Waals surface area (Å²) in [6, 6.07) is 0. The number of aliphatic imine (C=N–C) groups is 1. The van der Waals surface area contributed by atoms with E-state index >= 15 is 0 Å². The molecule has 0 saturated carbocycles. The van der Waals surface area contributed by atoms with Gasteiger partial charge in [0.1, 0.15) is 0 Å². The molecule has 0 aromatic carbocycles. The van der Waals surface area contributed by atoms with E-state index in [9.17, 15) is 0 Å². The highest BCUT2D eigenvalue weighted by atomic mass is 15.2. The van der Waals surface area contributed by atoms with Crippen molar-refractivity contribution in [2.45, 2.75) is 40.5 Å². The first kappa shape index (κ1) is 17.3. The van der Waals surface area contributed by atoms with Crippen molar-refractivity contribution in [3.05, 3.63) is 0 Å².